The van der Waals surface area contributed by atoms with E-state index in [1.54, 1.807) is 18.2 Å². The molecule has 0 spiro atoms. The number of nitrogens with one attached hydrogen (secondary N) is 2. The van der Waals surface area contributed by atoms with Crippen molar-refractivity contribution in [1.82, 2.24) is 5.32 Å². The molecule has 0 aliphatic carbocycles. The summed E-state index contributed by atoms with van der Waals surface area (Å²) >= 11 is 11.8. The van der Waals surface area contributed by atoms with Crippen LogP contribution in [0.25, 0.3) is 0 Å². The molecule has 1 unspecified atom stereocenters. The van der Waals surface area contributed by atoms with E-state index >= 15 is 0 Å². The molecule has 0 fully saturated rings. The Morgan fingerprint density at radius 1 is 1.42 bits per heavy atom. The monoisotopic (exact) mass is 306 g/mol. The highest BCUT2D eigenvalue weighted by Gasteiger charge is 2.10. The van der Waals surface area contributed by atoms with Crippen LogP contribution in [-0.4, -0.2) is 43.9 Å². The van der Waals surface area contributed by atoms with E-state index in [9.17, 15) is 9.90 Å². The van der Waals surface area contributed by atoms with Crippen molar-refractivity contribution in [1.29, 1.82) is 0 Å². The van der Waals surface area contributed by atoms with Gasteiger partial charge in [0, 0.05) is 13.7 Å². The number of amides is 1. The smallest absolute Gasteiger partial charge is 0.238 e. The van der Waals surface area contributed by atoms with Crippen LogP contribution in [0.5, 0.6) is 0 Å². The predicted octanol–water partition coefficient (Wildman–Crippen LogP) is 1.53. The van der Waals surface area contributed by atoms with Crippen molar-refractivity contribution >= 4 is 34.8 Å². The summed E-state index contributed by atoms with van der Waals surface area (Å²) in [7, 11) is 1.50. The molecule has 1 aromatic rings. The Labute approximate surface area is 121 Å². The van der Waals surface area contributed by atoms with Gasteiger partial charge < -0.3 is 20.5 Å². The summed E-state index contributed by atoms with van der Waals surface area (Å²) in [5.74, 6) is -0.292. The Morgan fingerprint density at radius 2 is 2.05 bits per heavy atom. The molecule has 0 heterocycles. The summed E-state index contributed by atoms with van der Waals surface area (Å²) in [6, 6.07) is 4.97. The van der Waals surface area contributed by atoms with Crippen LogP contribution in [0.3, 0.4) is 0 Å². The normalized spacial score (nSPS) is 12.2. The predicted molar refractivity (Wildman–Crippen MR) is 75.8 cm³/mol. The molecule has 7 heteroatoms. The number of benzene rings is 1. The van der Waals surface area contributed by atoms with Gasteiger partial charge in [0.25, 0.3) is 0 Å². The summed E-state index contributed by atoms with van der Waals surface area (Å²) < 4.78 is 4.76. The van der Waals surface area contributed by atoms with Gasteiger partial charge in [-0.05, 0) is 12.1 Å². The second-order valence-corrected chi connectivity index (χ2v) is 4.70. The Bertz CT molecular complexity index is 409. The highest BCUT2D eigenvalue weighted by atomic mass is 35.5. The lowest BCUT2D eigenvalue weighted by Crippen LogP contribution is -2.35. The van der Waals surface area contributed by atoms with E-state index in [-0.39, 0.29) is 25.6 Å². The van der Waals surface area contributed by atoms with Gasteiger partial charge in [0.2, 0.25) is 5.91 Å². The van der Waals surface area contributed by atoms with Gasteiger partial charge >= 0.3 is 0 Å². The number of aliphatic hydroxyl groups is 1. The molecule has 0 radical (unpaired) electrons. The molecule has 1 rings (SSSR count). The molecule has 0 aromatic heterocycles. The van der Waals surface area contributed by atoms with E-state index in [4.69, 9.17) is 27.9 Å². The van der Waals surface area contributed by atoms with Crippen LogP contribution < -0.4 is 10.6 Å². The first-order valence-corrected chi connectivity index (χ1v) is 6.41. The molecular formula is C12H16Cl2N2O3. The maximum absolute atomic E-state index is 11.7. The van der Waals surface area contributed by atoms with Crippen molar-refractivity contribution in [3.05, 3.63) is 28.2 Å². The lowest BCUT2D eigenvalue weighted by molar-refractivity contribution is -0.115. The van der Waals surface area contributed by atoms with E-state index in [2.05, 4.69) is 10.6 Å². The molecule has 0 saturated carbocycles. The highest BCUT2D eigenvalue weighted by Crippen LogP contribution is 2.29. The van der Waals surface area contributed by atoms with Crippen molar-refractivity contribution in [3.63, 3.8) is 0 Å². The lowest BCUT2D eigenvalue weighted by Gasteiger charge is -2.12. The molecule has 1 atom stereocenters. The fourth-order valence-electron chi connectivity index (χ4n) is 1.40. The van der Waals surface area contributed by atoms with E-state index < -0.39 is 6.10 Å². The Morgan fingerprint density at radius 3 is 2.63 bits per heavy atom. The minimum absolute atomic E-state index is 0.0440. The van der Waals surface area contributed by atoms with Crippen molar-refractivity contribution in [2.24, 2.45) is 0 Å². The number of hydrogen-bond acceptors (Lipinski definition) is 4. The number of anilines is 1. The molecule has 0 bridgehead atoms. The van der Waals surface area contributed by atoms with Gasteiger partial charge in [-0.15, -0.1) is 0 Å². The maximum Gasteiger partial charge on any atom is 0.238 e. The van der Waals surface area contributed by atoms with Crippen LogP contribution >= 0.6 is 23.2 Å². The van der Waals surface area contributed by atoms with Crippen LogP contribution in [-0.2, 0) is 9.53 Å². The second kappa shape index (κ2) is 8.35. The Hall–Kier alpha value is -0.850. The fourth-order valence-corrected chi connectivity index (χ4v) is 1.90. The molecule has 106 valence electrons. The summed E-state index contributed by atoms with van der Waals surface area (Å²) in [6.07, 6.45) is -0.651. The number of para-hydroxylation sites is 1. The first-order chi connectivity index (χ1) is 9.04. The van der Waals surface area contributed by atoms with Crippen molar-refractivity contribution in [3.8, 4) is 0 Å². The van der Waals surface area contributed by atoms with Crippen LogP contribution in [0.1, 0.15) is 0 Å². The standard InChI is InChI=1S/C12H16Cl2N2O3/c1-19-7-8(17)5-15-6-11(18)16-12-9(13)3-2-4-10(12)14/h2-4,8,15,17H,5-7H2,1H3,(H,16,18). The van der Waals surface area contributed by atoms with Gasteiger partial charge in [0.05, 0.1) is 35.0 Å². The molecule has 3 N–H and O–H groups in total. The maximum atomic E-state index is 11.7. The largest absolute Gasteiger partial charge is 0.389 e. The zero-order valence-electron chi connectivity index (χ0n) is 10.5. The number of halogens is 2. The zero-order chi connectivity index (χ0) is 14.3. The minimum Gasteiger partial charge on any atom is -0.389 e. The van der Waals surface area contributed by atoms with Gasteiger partial charge in [0.15, 0.2) is 0 Å². The number of ether oxygens (including phenoxy) is 1. The number of methoxy groups -OCH3 is 1. The van der Waals surface area contributed by atoms with Gasteiger partial charge in [-0.25, -0.2) is 0 Å². The highest BCUT2D eigenvalue weighted by molar-refractivity contribution is 6.39. The first-order valence-electron chi connectivity index (χ1n) is 5.66. The molecule has 19 heavy (non-hydrogen) atoms. The minimum atomic E-state index is -0.651. The van der Waals surface area contributed by atoms with Crippen molar-refractivity contribution in [2.45, 2.75) is 6.10 Å². The SMILES string of the molecule is COCC(O)CNCC(=O)Nc1c(Cl)cccc1Cl. The van der Waals surface area contributed by atoms with E-state index in [0.29, 0.717) is 15.7 Å². The second-order valence-electron chi connectivity index (χ2n) is 3.88. The third-order valence-electron chi connectivity index (χ3n) is 2.25. The Kier molecular flexibility index (Phi) is 7.12. The van der Waals surface area contributed by atoms with Crippen LogP contribution in [0.2, 0.25) is 10.0 Å². The quantitative estimate of drug-likeness (QED) is 0.714. The average Bonchev–Trinajstić information content (AvgIpc) is 2.34. The summed E-state index contributed by atoms with van der Waals surface area (Å²) in [5.41, 5.74) is 0.384. The molecule has 1 aromatic carbocycles. The number of rotatable bonds is 7. The van der Waals surface area contributed by atoms with Gasteiger partial charge in [-0.1, -0.05) is 29.3 Å². The molecular weight excluding hydrogens is 291 g/mol. The van der Waals surface area contributed by atoms with E-state index in [0.717, 1.165) is 0 Å². The van der Waals surface area contributed by atoms with Crippen LogP contribution in [0.15, 0.2) is 18.2 Å². The summed E-state index contributed by atoms with van der Waals surface area (Å²) in [5, 5.41) is 15.5. The van der Waals surface area contributed by atoms with Crippen molar-refractivity contribution in [2.75, 3.05) is 32.1 Å². The number of carbonyl (C=O) groups excluding carboxylic acids is 1. The fraction of sp³-hybridized carbons (Fsp3) is 0.417. The zero-order valence-corrected chi connectivity index (χ0v) is 12.0. The molecule has 5 nitrogen and oxygen atoms in total. The van der Waals surface area contributed by atoms with Crippen LogP contribution in [0.4, 0.5) is 5.69 Å². The summed E-state index contributed by atoms with van der Waals surface area (Å²) in [6.45, 7) is 0.519. The molecule has 0 aliphatic heterocycles. The van der Waals surface area contributed by atoms with Gasteiger partial charge in [-0.3, -0.25) is 4.79 Å². The number of aliphatic hydroxyl groups excluding tert-OH is 1. The molecule has 0 aliphatic rings. The third-order valence-corrected chi connectivity index (χ3v) is 2.88. The number of hydrogen-bond donors (Lipinski definition) is 3. The first kappa shape index (κ1) is 16.2. The average molecular weight is 307 g/mol. The van der Waals surface area contributed by atoms with E-state index in [1.165, 1.54) is 7.11 Å². The van der Waals surface area contributed by atoms with Gasteiger partial charge in [-0.2, -0.15) is 0 Å². The Balaban J connectivity index is 2.39. The third kappa shape index (κ3) is 5.76. The molecule has 1 amide bonds. The van der Waals surface area contributed by atoms with Gasteiger partial charge in [0.1, 0.15) is 0 Å². The summed E-state index contributed by atoms with van der Waals surface area (Å²) in [4.78, 5) is 11.7. The van der Waals surface area contributed by atoms with Crippen LogP contribution in [0, 0.1) is 0 Å². The lowest BCUT2D eigenvalue weighted by atomic mass is 10.3. The van der Waals surface area contributed by atoms with E-state index in [1.807, 2.05) is 0 Å². The van der Waals surface area contributed by atoms with Crippen molar-refractivity contribution < 1.29 is 14.6 Å². The number of carbonyl (C=O) groups is 1. The topological polar surface area (TPSA) is 70.6 Å². The molecule has 0 saturated heterocycles.